The van der Waals surface area contributed by atoms with Crippen molar-refractivity contribution in [1.82, 2.24) is 5.32 Å². The first-order valence-electron chi connectivity index (χ1n) is 12.3. The van der Waals surface area contributed by atoms with E-state index in [2.05, 4.69) is 37.5 Å². The number of unbranched alkanes of at least 4 members (excludes halogenated alkanes) is 12. The van der Waals surface area contributed by atoms with Crippen LogP contribution in [0.25, 0.3) is 0 Å². The summed E-state index contributed by atoms with van der Waals surface area (Å²) >= 11 is 0. The van der Waals surface area contributed by atoms with Gasteiger partial charge in [-0.15, -0.1) is 0 Å². The molecule has 3 heteroatoms. The zero-order valence-electron chi connectivity index (χ0n) is 19.2. The van der Waals surface area contributed by atoms with E-state index in [4.69, 9.17) is 0 Å². The van der Waals surface area contributed by atoms with Crippen molar-refractivity contribution in [2.24, 2.45) is 0 Å². The molecule has 0 amide bonds. The molecule has 0 saturated heterocycles. The molecule has 164 valence electrons. The fourth-order valence-corrected chi connectivity index (χ4v) is 4.43. The minimum Gasteiger partial charge on any atom is -0.345 e. The van der Waals surface area contributed by atoms with Gasteiger partial charge in [0.05, 0.1) is 12.7 Å². The Kier molecular flexibility index (Phi) is 14.5. The molecule has 0 saturated carbocycles. The summed E-state index contributed by atoms with van der Waals surface area (Å²) in [6, 6.07) is 0. The fourth-order valence-electron chi connectivity index (χ4n) is 4.43. The lowest BCUT2D eigenvalue weighted by atomic mass is 10.0. The number of hydrogen-bond acceptors (Lipinski definition) is 2. The highest BCUT2D eigenvalue weighted by molar-refractivity contribution is 4.84. The standard InChI is InChI=1S/C25H49N2O/c1-4-6-7-8-9-10-11-12-13-14-15-16-17-18-19-20-21-25-26-22-23-27(25,5-2)24(3)28/h7-8,22-26,28H,4-6,9-21H2,1-3H3/q+1/b8-7+. The molecule has 0 aromatic heterocycles. The van der Waals surface area contributed by atoms with E-state index in [1.54, 1.807) is 0 Å². The first kappa shape index (κ1) is 25.2. The van der Waals surface area contributed by atoms with Crippen LogP contribution in [0, 0.1) is 0 Å². The number of nitrogens with zero attached hydrogens (tertiary/aromatic N) is 1. The molecule has 28 heavy (non-hydrogen) atoms. The van der Waals surface area contributed by atoms with Crippen LogP contribution in [-0.2, 0) is 0 Å². The van der Waals surface area contributed by atoms with Crippen molar-refractivity contribution in [1.29, 1.82) is 0 Å². The van der Waals surface area contributed by atoms with Gasteiger partial charge in [-0.25, -0.2) is 0 Å². The van der Waals surface area contributed by atoms with Crippen LogP contribution in [0.4, 0.5) is 0 Å². The van der Waals surface area contributed by atoms with Crippen LogP contribution in [-0.4, -0.2) is 28.5 Å². The molecule has 3 unspecified atom stereocenters. The maximum atomic E-state index is 10.2. The summed E-state index contributed by atoms with van der Waals surface area (Å²) in [5, 5.41) is 13.6. The van der Waals surface area contributed by atoms with E-state index >= 15 is 0 Å². The van der Waals surface area contributed by atoms with E-state index in [0.29, 0.717) is 10.6 Å². The van der Waals surface area contributed by atoms with Crippen molar-refractivity contribution >= 4 is 0 Å². The molecule has 0 aromatic carbocycles. The topological polar surface area (TPSA) is 32.3 Å². The number of rotatable bonds is 18. The van der Waals surface area contributed by atoms with E-state index < -0.39 is 0 Å². The van der Waals surface area contributed by atoms with Gasteiger partial charge in [-0.2, -0.15) is 0 Å². The van der Waals surface area contributed by atoms with E-state index in [-0.39, 0.29) is 6.23 Å². The Morgan fingerprint density at radius 2 is 1.39 bits per heavy atom. The van der Waals surface area contributed by atoms with Crippen molar-refractivity contribution < 1.29 is 9.59 Å². The third-order valence-corrected chi connectivity index (χ3v) is 6.43. The van der Waals surface area contributed by atoms with Crippen LogP contribution in [0.5, 0.6) is 0 Å². The number of nitrogens with one attached hydrogen (secondary N) is 1. The Morgan fingerprint density at radius 1 is 0.857 bits per heavy atom. The molecule has 3 nitrogen and oxygen atoms in total. The second kappa shape index (κ2) is 16.0. The summed E-state index contributed by atoms with van der Waals surface area (Å²) in [4.78, 5) is 0. The molecular weight excluding hydrogens is 344 g/mol. The highest BCUT2D eigenvalue weighted by Crippen LogP contribution is 2.25. The summed E-state index contributed by atoms with van der Waals surface area (Å²) < 4.78 is 0.676. The Labute approximate surface area is 175 Å². The predicted molar refractivity (Wildman–Crippen MR) is 123 cm³/mol. The minimum atomic E-state index is -0.334. The molecule has 0 spiro atoms. The minimum absolute atomic E-state index is 0.334. The van der Waals surface area contributed by atoms with Crippen molar-refractivity contribution in [2.45, 2.75) is 129 Å². The zero-order chi connectivity index (χ0) is 20.5. The molecule has 1 aliphatic rings. The average Bonchev–Trinajstić information content (AvgIpc) is 3.12. The van der Waals surface area contributed by atoms with E-state index in [9.17, 15) is 5.11 Å². The maximum absolute atomic E-state index is 10.2. The van der Waals surface area contributed by atoms with Crippen LogP contribution in [0.2, 0.25) is 0 Å². The first-order chi connectivity index (χ1) is 13.7. The van der Waals surface area contributed by atoms with Gasteiger partial charge >= 0.3 is 0 Å². The molecule has 0 radical (unpaired) electrons. The fraction of sp³-hybridized carbons (Fsp3) is 0.840. The predicted octanol–water partition coefficient (Wildman–Crippen LogP) is 6.99. The van der Waals surface area contributed by atoms with Crippen LogP contribution < -0.4 is 5.32 Å². The lowest BCUT2D eigenvalue weighted by Gasteiger charge is -2.39. The molecule has 0 fully saturated rings. The Hall–Kier alpha value is -0.800. The Morgan fingerprint density at radius 3 is 1.93 bits per heavy atom. The van der Waals surface area contributed by atoms with E-state index in [1.165, 1.54) is 89.9 Å². The Bertz CT molecular complexity index is 419. The number of aliphatic hydroxyl groups excluding tert-OH is 1. The summed E-state index contributed by atoms with van der Waals surface area (Å²) in [5.74, 6) is 0. The molecule has 1 heterocycles. The molecule has 3 atom stereocenters. The lowest BCUT2D eigenvalue weighted by molar-refractivity contribution is -0.942. The molecule has 2 N–H and O–H groups in total. The first-order valence-corrected chi connectivity index (χ1v) is 12.3. The molecule has 1 rings (SSSR count). The third kappa shape index (κ3) is 9.60. The summed E-state index contributed by atoms with van der Waals surface area (Å²) in [5.41, 5.74) is 0. The SMILES string of the molecule is CCC/C=C/CCCCCCCCCCCCCC1NC=C[N+]1(CC)C(C)O. The van der Waals surface area contributed by atoms with E-state index in [1.807, 2.05) is 13.1 Å². The highest BCUT2D eigenvalue weighted by atomic mass is 16.3. The van der Waals surface area contributed by atoms with Crippen molar-refractivity contribution in [3.63, 3.8) is 0 Å². The van der Waals surface area contributed by atoms with Gasteiger partial charge in [-0.05, 0) is 32.6 Å². The van der Waals surface area contributed by atoms with Gasteiger partial charge in [0.2, 0.25) is 0 Å². The second-order valence-corrected chi connectivity index (χ2v) is 8.67. The number of quaternary nitrogens is 1. The van der Waals surface area contributed by atoms with Crippen LogP contribution >= 0.6 is 0 Å². The van der Waals surface area contributed by atoms with Gasteiger partial charge in [0.25, 0.3) is 0 Å². The number of hydrogen-bond donors (Lipinski definition) is 2. The third-order valence-electron chi connectivity index (χ3n) is 6.43. The normalized spacial score (nSPS) is 22.8. The molecular formula is C25H49N2O+. The van der Waals surface area contributed by atoms with E-state index in [0.717, 1.165) is 13.0 Å². The van der Waals surface area contributed by atoms with Crippen molar-refractivity contribution in [3.05, 3.63) is 24.6 Å². The van der Waals surface area contributed by atoms with Gasteiger partial charge in [-0.1, -0.05) is 83.3 Å². The van der Waals surface area contributed by atoms with Crippen molar-refractivity contribution in [2.75, 3.05) is 6.54 Å². The van der Waals surface area contributed by atoms with Gasteiger partial charge in [-0.3, -0.25) is 4.48 Å². The summed E-state index contributed by atoms with van der Waals surface area (Å²) in [6.07, 6.45) is 29.1. The number of allylic oxidation sites excluding steroid dienone is 2. The van der Waals surface area contributed by atoms with Crippen molar-refractivity contribution in [3.8, 4) is 0 Å². The monoisotopic (exact) mass is 393 g/mol. The Balaban J connectivity index is 1.88. The average molecular weight is 394 g/mol. The summed E-state index contributed by atoms with van der Waals surface area (Å²) in [7, 11) is 0. The number of aliphatic hydroxyl groups is 1. The van der Waals surface area contributed by atoms with Crippen LogP contribution in [0.1, 0.15) is 117 Å². The van der Waals surface area contributed by atoms with Gasteiger partial charge in [0.15, 0.2) is 12.4 Å². The maximum Gasteiger partial charge on any atom is 0.193 e. The van der Waals surface area contributed by atoms with Crippen LogP contribution in [0.3, 0.4) is 0 Å². The highest BCUT2D eigenvalue weighted by Gasteiger charge is 2.40. The van der Waals surface area contributed by atoms with Gasteiger partial charge < -0.3 is 10.4 Å². The smallest absolute Gasteiger partial charge is 0.193 e. The van der Waals surface area contributed by atoms with Gasteiger partial charge in [0.1, 0.15) is 6.20 Å². The largest absolute Gasteiger partial charge is 0.345 e. The quantitative estimate of drug-likeness (QED) is 0.149. The molecule has 0 aliphatic carbocycles. The molecule has 0 aromatic rings. The van der Waals surface area contributed by atoms with Gasteiger partial charge in [0, 0.05) is 13.3 Å². The second-order valence-electron chi connectivity index (χ2n) is 8.67. The summed E-state index contributed by atoms with van der Waals surface area (Å²) in [6.45, 7) is 7.27. The zero-order valence-corrected chi connectivity index (χ0v) is 19.2. The molecule has 1 aliphatic heterocycles. The van der Waals surface area contributed by atoms with Crippen LogP contribution in [0.15, 0.2) is 24.6 Å². The lowest BCUT2D eigenvalue weighted by Crippen LogP contribution is -2.57. The molecule has 0 bridgehead atoms.